The molecule has 3 heteroatoms. The Balaban J connectivity index is 1.96. The van der Waals surface area contributed by atoms with E-state index in [1.165, 1.54) is 33.6 Å². The summed E-state index contributed by atoms with van der Waals surface area (Å²) in [5.41, 5.74) is 8.61. The number of anilines is 2. The second-order valence-corrected chi connectivity index (χ2v) is 8.12. The van der Waals surface area contributed by atoms with Gasteiger partial charge in [-0.15, -0.1) is 0 Å². The number of allylic oxidation sites excluding steroid dienone is 1. The van der Waals surface area contributed by atoms with E-state index in [-0.39, 0.29) is 5.54 Å². The van der Waals surface area contributed by atoms with E-state index in [1.54, 1.807) is 0 Å². The van der Waals surface area contributed by atoms with Gasteiger partial charge in [-0.05, 0) is 87.7 Å². The Morgan fingerprint density at radius 1 is 1.07 bits per heavy atom. The van der Waals surface area contributed by atoms with Gasteiger partial charge in [-0.2, -0.15) is 0 Å². The van der Waals surface area contributed by atoms with E-state index in [0.717, 1.165) is 12.2 Å². The van der Waals surface area contributed by atoms with E-state index in [9.17, 15) is 0 Å². The summed E-state index contributed by atoms with van der Waals surface area (Å²) in [5, 5.41) is 0. The minimum atomic E-state index is 0.0437. The minimum Gasteiger partial charge on any atom is -0.378 e. The summed E-state index contributed by atoms with van der Waals surface area (Å²) in [6.45, 7) is 12.2. The lowest BCUT2D eigenvalue weighted by molar-refractivity contribution is 0.566. The predicted octanol–water partition coefficient (Wildman–Crippen LogP) is 5.83. The first-order valence-corrected chi connectivity index (χ1v) is 9.66. The SMILES string of the molecule is CCN1c2cc(C)c(C=Nc3ccc(N(C)C)cc3)cc2C(C)=CC1(C)C. The summed E-state index contributed by atoms with van der Waals surface area (Å²) in [4.78, 5) is 9.27. The van der Waals surface area contributed by atoms with Crippen molar-refractivity contribution >= 4 is 28.8 Å². The van der Waals surface area contributed by atoms with Crippen molar-refractivity contribution in [2.24, 2.45) is 4.99 Å². The first-order valence-electron chi connectivity index (χ1n) is 9.66. The number of hydrogen-bond acceptors (Lipinski definition) is 3. The van der Waals surface area contributed by atoms with Gasteiger partial charge in [-0.25, -0.2) is 0 Å². The van der Waals surface area contributed by atoms with Crippen LogP contribution in [0.1, 0.15) is 44.4 Å². The molecule has 0 spiro atoms. The molecule has 0 saturated heterocycles. The van der Waals surface area contributed by atoms with Crippen molar-refractivity contribution < 1.29 is 0 Å². The van der Waals surface area contributed by atoms with E-state index in [4.69, 9.17) is 4.99 Å². The molecule has 0 fully saturated rings. The molecule has 0 aliphatic carbocycles. The molecule has 3 rings (SSSR count). The number of rotatable bonds is 4. The molecule has 1 aliphatic rings. The highest BCUT2D eigenvalue weighted by Gasteiger charge is 2.30. The van der Waals surface area contributed by atoms with Gasteiger partial charge in [0, 0.05) is 43.8 Å². The van der Waals surface area contributed by atoms with Gasteiger partial charge in [0.05, 0.1) is 11.2 Å². The Hall–Kier alpha value is -2.55. The maximum atomic E-state index is 4.70. The molecule has 2 aromatic carbocycles. The first kappa shape index (κ1) is 19.2. The molecule has 0 atom stereocenters. The topological polar surface area (TPSA) is 18.8 Å². The fraction of sp³-hybridized carbons (Fsp3) is 0.375. The van der Waals surface area contributed by atoms with Crippen molar-refractivity contribution in [3.63, 3.8) is 0 Å². The number of hydrogen-bond donors (Lipinski definition) is 0. The predicted molar refractivity (Wildman–Crippen MR) is 120 cm³/mol. The van der Waals surface area contributed by atoms with Gasteiger partial charge < -0.3 is 9.80 Å². The first-order chi connectivity index (χ1) is 12.7. The van der Waals surface area contributed by atoms with Crippen LogP contribution in [0.25, 0.3) is 5.57 Å². The summed E-state index contributed by atoms with van der Waals surface area (Å²) >= 11 is 0. The van der Waals surface area contributed by atoms with Crippen molar-refractivity contribution in [2.75, 3.05) is 30.4 Å². The van der Waals surface area contributed by atoms with Gasteiger partial charge in [-0.3, -0.25) is 4.99 Å². The van der Waals surface area contributed by atoms with Crippen LogP contribution in [0.4, 0.5) is 17.1 Å². The van der Waals surface area contributed by atoms with E-state index in [1.807, 2.05) is 20.3 Å². The second-order valence-electron chi connectivity index (χ2n) is 8.12. The third kappa shape index (κ3) is 3.78. The van der Waals surface area contributed by atoms with Crippen LogP contribution in [0.3, 0.4) is 0 Å². The molecule has 0 unspecified atom stereocenters. The number of fused-ring (bicyclic) bond motifs is 1. The van der Waals surface area contributed by atoms with Crippen LogP contribution >= 0.6 is 0 Å². The van der Waals surface area contributed by atoms with Crippen LogP contribution in [-0.2, 0) is 0 Å². The summed E-state index contributed by atoms with van der Waals surface area (Å²) in [6.07, 6.45) is 4.36. The number of aliphatic imine (C=N–C) groups is 1. The fourth-order valence-electron chi connectivity index (χ4n) is 3.94. The maximum Gasteiger partial charge on any atom is 0.0631 e. The number of benzene rings is 2. The largest absolute Gasteiger partial charge is 0.378 e. The molecule has 0 aromatic heterocycles. The van der Waals surface area contributed by atoms with E-state index < -0.39 is 0 Å². The van der Waals surface area contributed by atoms with Crippen molar-refractivity contribution in [2.45, 2.75) is 40.2 Å². The average molecular weight is 362 g/mol. The normalized spacial score (nSPS) is 15.7. The van der Waals surface area contributed by atoms with Crippen molar-refractivity contribution in [1.82, 2.24) is 0 Å². The molecule has 0 saturated carbocycles. The third-order valence-corrected chi connectivity index (χ3v) is 5.40. The van der Waals surface area contributed by atoms with Crippen LogP contribution in [0.5, 0.6) is 0 Å². The van der Waals surface area contributed by atoms with Crippen LogP contribution in [-0.4, -0.2) is 32.4 Å². The average Bonchev–Trinajstić information content (AvgIpc) is 2.60. The molecule has 0 N–H and O–H groups in total. The van der Waals surface area contributed by atoms with Crippen molar-refractivity contribution in [3.05, 3.63) is 59.2 Å². The van der Waals surface area contributed by atoms with Gasteiger partial charge in [0.15, 0.2) is 0 Å². The van der Waals surface area contributed by atoms with Crippen LogP contribution in [0, 0.1) is 6.92 Å². The molecular weight excluding hydrogens is 330 g/mol. The maximum absolute atomic E-state index is 4.70. The van der Waals surface area contributed by atoms with Gasteiger partial charge in [0.25, 0.3) is 0 Å². The zero-order valence-electron chi connectivity index (χ0n) is 17.7. The molecule has 0 amide bonds. The Labute approximate surface area is 164 Å². The molecular formula is C24H31N3. The Morgan fingerprint density at radius 3 is 2.33 bits per heavy atom. The van der Waals surface area contributed by atoms with Gasteiger partial charge in [0.1, 0.15) is 0 Å². The quantitative estimate of drug-likeness (QED) is 0.638. The lowest BCUT2D eigenvalue weighted by atomic mass is 9.87. The van der Waals surface area contributed by atoms with E-state index in [0.29, 0.717) is 0 Å². The second kappa shape index (κ2) is 7.22. The van der Waals surface area contributed by atoms with Crippen molar-refractivity contribution in [3.8, 4) is 0 Å². The summed E-state index contributed by atoms with van der Waals surface area (Å²) in [7, 11) is 4.09. The van der Waals surface area contributed by atoms with E-state index in [2.05, 4.69) is 86.9 Å². The third-order valence-electron chi connectivity index (χ3n) is 5.40. The number of likely N-dealkylation sites (N-methyl/N-ethyl adjacent to an activating group) is 1. The monoisotopic (exact) mass is 361 g/mol. The van der Waals surface area contributed by atoms with Crippen LogP contribution < -0.4 is 9.80 Å². The van der Waals surface area contributed by atoms with E-state index >= 15 is 0 Å². The van der Waals surface area contributed by atoms with Gasteiger partial charge in [-0.1, -0.05) is 6.08 Å². The molecule has 27 heavy (non-hydrogen) atoms. The lowest BCUT2D eigenvalue weighted by Crippen LogP contribution is -2.45. The van der Waals surface area contributed by atoms with Crippen LogP contribution in [0.2, 0.25) is 0 Å². The molecule has 1 aliphatic heterocycles. The smallest absolute Gasteiger partial charge is 0.0631 e. The van der Waals surface area contributed by atoms with Crippen LogP contribution in [0.15, 0.2) is 47.5 Å². The molecule has 1 heterocycles. The summed E-state index contributed by atoms with van der Waals surface area (Å²) in [6, 6.07) is 12.9. The molecule has 2 aromatic rings. The molecule has 142 valence electrons. The fourth-order valence-corrected chi connectivity index (χ4v) is 3.94. The Kier molecular flexibility index (Phi) is 5.14. The van der Waals surface area contributed by atoms with Gasteiger partial charge >= 0.3 is 0 Å². The zero-order valence-corrected chi connectivity index (χ0v) is 17.7. The highest BCUT2D eigenvalue weighted by atomic mass is 15.2. The number of aryl methyl sites for hydroxylation is 1. The highest BCUT2D eigenvalue weighted by Crippen LogP contribution is 2.39. The zero-order chi connectivity index (χ0) is 19.8. The Morgan fingerprint density at radius 2 is 1.74 bits per heavy atom. The number of nitrogens with zero attached hydrogens (tertiary/aromatic N) is 3. The molecule has 0 radical (unpaired) electrons. The Bertz CT molecular complexity index is 887. The lowest BCUT2D eigenvalue weighted by Gasteiger charge is -2.43. The summed E-state index contributed by atoms with van der Waals surface area (Å²) in [5.74, 6) is 0. The highest BCUT2D eigenvalue weighted by molar-refractivity contribution is 5.90. The van der Waals surface area contributed by atoms with Crippen molar-refractivity contribution in [1.29, 1.82) is 0 Å². The molecule has 3 nitrogen and oxygen atoms in total. The minimum absolute atomic E-state index is 0.0437. The summed E-state index contributed by atoms with van der Waals surface area (Å²) < 4.78 is 0. The van der Waals surface area contributed by atoms with Gasteiger partial charge in [0.2, 0.25) is 0 Å². The standard InChI is InChI=1S/C24H31N3/c1-8-27-23-13-17(2)19(14-22(23)18(3)15-24(27,4)5)16-25-20-9-11-21(12-10-20)26(6)7/h9-16H,8H2,1-7H3. The molecule has 0 bridgehead atoms.